The Morgan fingerprint density at radius 3 is 2.40 bits per heavy atom. The summed E-state index contributed by atoms with van der Waals surface area (Å²) in [6.45, 7) is 1.51. The molecule has 0 bridgehead atoms. The quantitative estimate of drug-likeness (QED) is 0.867. The maximum Gasteiger partial charge on any atom is 0.249 e. The zero-order chi connectivity index (χ0) is 14.9. The number of hydrogen-bond donors (Lipinski definition) is 0. The van der Waals surface area contributed by atoms with Crippen LogP contribution >= 0.6 is 0 Å². The molecule has 0 saturated carbocycles. The Balaban J connectivity index is 2.35. The molecule has 1 heterocycles. The topological polar surface area (TPSA) is 63.4 Å². The van der Waals surface area contributed by atoms with E-state index in [0.29, 0.717) is 11.5 Å². The lowest BCUT2D eigenvalue weighted by atomic mass is 10.3. The van der Waals surface area contributed by atoms with Gasteiger partial charge in [0.25, 0.3) is 0 Å². The highest BCUT2D eigenvalue weighted by molar-refractivity contribution is 7.89. The summed E-state index contributed by atoms with van der Waals surface area (Å²) in [6.07, 6.45) is 0. The van der Waals surface area contributed by atoms with E-state index in [1.165, 1.54) is 7.05 Å². The lowest BCUT2D eigenvalue weighted by Gasteiger charge is -2.16. The molecule has 0 aliphatic carbocycles. The molecule has 8 heteroatoms. The molecule has 0 aliphatic heterocycles. The zero-order valence-electron chi connectivity index (χ0n) is 10.8. The second-order valence-electron chi connectivity index (χ2n) is 4.24. The van der Waals surface area contributed by atoms with Crippen LogP contribution in [0.1, 0.15) is 11.5 Å². The van der Waals surface area contributed by atoms with E-state index in [4.69, 9.17) is 4.52 Å². The summed E-state index contributed by atoms with van der Waals surface area (Å²) in [5.74, 6) is -1.75. The standard InChI is InChI=1S/C12H12F2N2O3S/c1-8-6-9(15-19-8)7-16(2)20(17,18)12-10(13)4-3-5-11(12)14/h3-6H,7H2,1-2H3. The third kappa shape index (κ3) is 2.70. The Morgan fingerprint density at radius 1 is 1.30 bits per heavy atom. The van der Waals surface area contributed by atoms with Crippen molar-refractivity contribution in [2.24, 2.45) is 0 Å². The predicted octanol–water partition coefficient (Wildman–Crippen LogP) is 2.08. The van der Waals surface area contributed by atoms with Gasteiger partial charge in [0.1, 0.15) is 17.4 Å². The van der Waals surface area contributed by atoms with E-state index in [1.54, 1.807) is 13.0 Å². The lowest BCUT2D eigenvalue weighted by molar-refractivity contribution is 0.377. The minimum Gasteiger partial charge on any atom is -0.361 e. The second-order valence-corrected chi connectivity index (χ2v) is 6.22. The number of nitrogens with zero attached hydrogens (tertiary/aromatic N) is 2. The van der Waals surface area contributed by atoms with Crippen LogP contribution in [0.4, 0.5) is 8.78 Å². The van der Waals surface area contributed by atoms with E-state index < -0.39 is 26.6 Å². The number of sulfonamides is 1. The summed E-state index contributed by atoms with van der Waals surface area (Å²) in [7, 11) is -3.07. The van der Waals surface area contributed by atoms with Crippen LogP contribution in [-0.2, 0) is 16.6 Å². The van der Waals surface area contributed by atoms with Crippen molar-refractivity contribution in [2.45, 2.75) is 18.4 Å². The van der Waals surface area contributed by atoms with Gasteiger partial charge in [-0.15, -0.1) is 0 Å². The Bertz CT molecular complexity index is 708. The minimum absolute atomic E-state index is 0.145. The van der Waals surface area contributed by atoms with Gasteiger partial charge in [0, 0.05) is 13.1 Å². The highest BCUT2D eigenvalue weighted by Crippen LogP contribution is 2.22. The molecule has 1 aromatic carbocycles. The van der Waals surface area contributed by atoms with E-state index in [9.17, 15) is 17.2 Å². The summed E-state index contributed by atoms with van der Waals surface area (Å²) in [5, 5.41) is 3.64. The lowest BCUT2D eigenvalue weighted by Crippen LogP contribution is -2.28. The van der Waals surface area contributed by atoms with Gasteiger partial charge in [0.05, 0.1) is 12.2 Å². The molecule has 2 aromatic rings. The molecule has 0 saturated heterocycles. The predicted molar refractivity (Wildman–Crippen MR) is 66.3 cm³/mol. The molecule has 1 aromatic heterocycles. The summed E-state index contributed by atoms with van der Waals surface area (Å²) in [5.41, 5.74) is 0.352. The van der Waals surface area contributed by atoms with Gasteiger partial charge in [-0.05, 0) is 19.1 Å². The molecule has 0 atom stereocenters. The molecule has 0 amide bonds. The number of halogens is 2. The molecular weight excluding hydrogens is 290 g/mol. The van der Waals surface area contributed by atoms with Gasteiger partial charge in [0.2, 0.25) is 10.0 Å². The van der Waals surface area contributed by atoms with Gasteiger partial charge in [-0.2, -0.15) is 4.31 Å². The first kappa shape index (κ1) is 14.6. The van der Waals surface area contributed by atoms with Crippen molar-refractivity contribution in [2.75, 3.05) is 7.05 Å². The van der Waals surface area contributed by atoms with Crippen LogP contribution in [0.5, 0.6) is 0 Å². The molecule has 0 N–H and O–H groups in total. The molecule has 5 nitrogen and oxygen atoms in total. The zero-order valence-corrected chi connectivity index (χ0v) is 11.6. The number of rotatable bonds is 4. The fraction of sp³-hybridized carbons (Fsp3) is 0.250. The van der Waals surface area contributed by atoms with Crippen molar-refractivity contribution in [1.29, 1.82) is 0 Å². The smallest absolute Gasteiger partial charge is 0.249 e. The van der Waals surface area contributed by atoms with Gasteiger partial charge in [0.15, 0.2) is 4.90 Å². The van der Waals surface area contributed by atoms with E-state index in [-0.39, 0.29) is 6.54 Å². The largest absolute Gasteiger partial charge is 0.361 e. The van der Waals surface area contributed by atoms with E-state index in [1.807, 2.05) is 0 Å². The first-order valence-corrected chi connectivity index (χ1v) is 7.09. The number of aryl methyl sites for hydroxylation is 1. The van der Waals surface area contributed by atoms with E-state index in [2.05, 4.69) is 5.16 Å². The molecule has 0 radical (unpaired) electrons. The van der Waals surface area contributed by atoms with E-state index in [0.717, 1.165) is 22.5 Å². The van der Waals surface area contributed by atoms with Crippen molar-refractivity contribution < 1.29 is 21.7 Å². The Labute approximate surface area is 114 Å². The van der Waals surface area contributed by atoms with Gasteiger partial charge in [-0.25, -0.2) is 17.2 Å². The minimum atomic E-state index is -4.29. The average Bonchev–Trinajstić information content (AvgIpc) is 2.74. The van der Waals surface area contributed by atoms with Gasteiger partial charge in [-0.1, -0.05) is 11.2 Å². The van der Waals surface area contributed by atoms with Crippen LogP contribution in [0.25, 0.3) is 0 Å². The third-order valence-electron chi connectivity index (χ3n) is 2.65. The van der Waals surface area contributed by atoms with Crippen molar-refractivity contribution >= 4 is 10.0 Å². The Morgan fingerprint density at radius 2 is 1.90 bits per heavy atom. The molecule has 0 fully saturated rings. The highest BCUT2D eigenvalue weighted by Gasteiger charge is 2.28. The normalized spacial score (nSPS) is 12.1. The fourth-order valence-corrected chi connectivity index (χ4v) is 2.93. The van der Waals surface area contributed by atoms with Crippen LogP contribution in [0.3, 0.4) is 0 Å². The van der Waals surface area contributed by atoms with Crippen molar-refractivity contribution in [3.8, 4) is 0 Å². The fourth-order valence-electron chi connectivity index (χ4n) is 1.69. The first-order valence-electron chi connectivity index (χ1n) is 5.65. The van der Waals surface area contributed by atoms with Gasteiger partial charge >= 0.3 is 0 Å². The highest BCUT2D eigenvalue weighted by atomic mass is 32.2. The summed E-state index contributed by atoms with van der Waals surface area (Å²) in [4.78, 5) is -0.970. The van der Waals surface area contributed by atoms with E-state index >= 15 is 0 Å². The molecular formula is C12H12F2N2O3S. The van der Waals surface area contributed by atoms with Crippen LogP contribution in [0.2, 0.25) is 0 Å². The number of hydrogen-bond acceptors (Lipinski definition) is 4. The van der Waals surface area contributed by atoms with Crippen LogP contribution in [0, 0.1) is 18.6 Å². The maximum atomic E-state index is 13.6. The molecule has 0 unspecified atom stereocenters. The molecule has 0 aliphatic rings. The summed E-state index contributed by atoms with van der Waals surface area (Å²) < 4.78 is 57.1. The van der Waals surface area contributed by atoms with Gasteiger partial charge in [-0.3, -0.25) is 0 Å². The summed E-state index contributed by atoms with van der Waals surface area (Å²) in [6, 6.07) is 4.43. The molecule has 20 heavy (non-hydrogen) atoms. The van der Waals surface area contributed by atoms with Crippen LogP contribution < -0.4 is 0 Å². The van der Waals surface area contributed by atoms with Crippen LogP contribution in [-0.4, -0.2) is 24.9 Å². The third-order valence-corrected chi connectivity index (χ3v) is 4.50. The average molecular weight is 302 g/mol. The molecule has 2 rings (SSSR count). The molecule has 108 valence electrons. The molecule has 0 spiro atoms. The number of aromatic nitrogens is 1. The Hall–Kier alpha value is -1.80. The number of benzene rings is 1. The van der Waals surface area contributed by atoms with Crippen molar-refractivity contribution in [3.63, 3.8) is 0 Å². The maximum absolute atomic E-state index is 13.6. The van der Waals surface area contributed by atoms with Gasteiger partial charge < -0.3 is 4.52 Å². The second kappa shape index (κ2) is 5.29. The van der Waals surface area contributed by atoms with Crippen LogP contribution in [0.15, 0.2) is 33.7 Å². The van der Waals surface area contributed by atoms with Crippen molar-refractivity contribution in [3.05, 3.63) is 47.4 Å². The summed E-state index contributed by atoms with van der Waals surface area (Å²) >= 11 is 0. The SMILES string of the molecule is Cc1cc(CN(C)S(=O)(=O)c2c(F)cccc2F)no1. The Kier molecular flexibility index (Phi) is 3.87. The van der Waals surface area contributed by atoms with Crippen molar-refractivity contribution in [1.82, 2.24) is 9.46 Å². The monoisotopic (exact) mass is 302 g/mol. The first-order chi connectivity index (χ1) is 9.32.